The molecule has 2 aliphatic rings. The third-order valence-electron chi connectivity index (χ3n) is 6.48. The van der Waals surface area contributed by atoms with Gasteiger partial charge in [-0.05, 0) is 63.4 Å². The normalized spacial score (nSPS) is 23.7. The molecule has 2 heterocycles. The molecule has 4 rings (SSSR count). The molecule has 0 saturated heterocycles. The van der Waals surface area contributed by atoms with E-state index in [4.69, 9.17) is 5.73 Å². The summed E-state index contributed by atoms with van der Waals surface area (Å²) in [7, 11) is -1.22. The van der Waals surface area contributed by atoms with E-state index in [9.17, 15) is 14.3 Å². The summed E-state index contributed by atoms with van der Waals surface area (Å²) in [5.74, 6) is -0.0191. The first-order valence-corrected chi connectivity index (χ1v) is 12.8. The number of aliphatic imine (C=N–C) groups is 1. The topological polar surface area (TPSA) is 127 Å². The van der Waals surface area contributed by atoms with E-state index in [2.05, 4.69) is 21.4 Å². The van der Waals surface area contributed by atoms with Crippen LogP contribution in [0.1, 0.15) is 64.0 Å². The molecule has 4 N–H and O–H groups in total. The van der Waals surface area contributed by atoms with Crippen LogP contribution in [-0.4, -0.2) is 30.9 Å². The van der Waals surface area contributed by atoms with Gasteiger partial charge in [-0.25, -0.2) is 13.5 Å². The number of benzene rings is 1. The van der Waals surface area contributed by atoms with Crippen molar-refractivity contribution in [1.82, 2.24) is 9.29 Å². The van der Waals surface area contributed by atoms with E-state index in [1.807, 2.05) is 37.2 Å². The Bertz CT molecular complexity index is 1220. The van der Waals surface area contributed by atoms with Crippen LogP contribution in [0.5, 0.6) is 0 Å². The van der Waals surface area contributed by atoms with Crippen molar-refractivity contribution < 1.29 is 4.21 Å². The molecule has 1 saturated carbocycles. The number of aromatic nitrogens is 1. The number of rotatable bonds is 4. The Labute approximate surface area is 202 Å². The molecule has 0 bridgehead atoms. The fourth-order valence-corrected chi connectivity index (χ4v) is 6.15. The summed E-state index contributed by atoms with van der Waals surface area (Å²) >= 11 is 0. The maximum Gasteiger partial charge on any atom is 0.261 e. The molecule has 1 aromatic carbocycles. The molecule has 8 nitrogen and oxygen atoms in total. The summed E-state index contributed by atoms with van der Waals surface area (Å²) < 4.78 is 14.8. The predicted octanol–water partition coefficient (Wildman–Crippen LogP) is 3.93. The van der Waals surface area contributed by atoms with Gasteiger partial charge in [-0.1, -0.05) is 19.3 Å². The van der Waals surface area contributed by atoms with Crippen LogP contribution in [-0.2, 0) is 17.5 Å². The lowest BCUT2D eigenvalue weighted by Gasteiger charge is -2.29. The SMILES string of the molecule is CC(C)(C)N1Cc2cc(N=C(N)c3c(N[C@H]4CCCCC[C@H]4C#N)cc[nH]c3=O)ccc2S1=O. The number of nitriles is 1. The quantitative estimate of drug-likeness (QED) is 0.347. The third-order valence-corrected chi connectivity index (χ3v) is 8.34. The van der Waals surface area contributed by atoms with E-state index in [1.165, 1.54) is 0 Å². The van der Waals surface area contributed by atoms with Crippen molar-refractivity contribution in [2.45, 2.75) is 75.9 Å². The first-order valence-electron chi connectivity index (χ1n) is 11.7. The molecule has 0 radical (unpaired) electrons. The van der Waals surface area contributed by atoms with Gasteiger partial charge in [0, 0.05) is 24.3 Å². The van der Waals surface area contributed by atoms with Crippen molar-refractivity contribution in [2.75, 3.05) is 5.32 Å². The van der Waals surface area contributed by atoms with Gasteiger partial charge in [-0.3, -0.25) is 4.79 Å². The van der Waals surface area contributed by atoms with Crippen LogP contribution < -0.4 is 16.6 Å². The maximum absolute atomic E-state index is 12.9. The van der Waals surface area contributed by atoms with Gasteiger partial charge in [0.25, 0.3) is 5.56 Å². The lowest BCUT2D eigenvalue weighted by Crippen LogP contribution is -2.38. The molecule has 1 fully saturated rings. The second kappa shape index (κ2) is 9.72. The Hall–Kier alpha value is -2.96. The average molecular weight is 481 g/mol. The number of aromatic amines is 1. The van der Waals surface area contributed by atoms with E-state index in [1.54, 1.807) is 18.3 Å². The van der Waals surface area contributed by atoms with Gasteiger partial charge in [0.2, 0.25) is 0 Å². The van der Waals surface area contributed by atoms with E-state index in [-0.39, 0.29) is 34.5 Å². The van der Waals surface area contributed by atoms with Crippen LogP contribution in [0.15, 0.2) is 45.1 Å². The molecule has 3 atom stereocenters. The third kappa shape index (κ3) is 4.93. The Morgan fingerprint density at radius 1 is 1.26 bits per heavy atom. The maximum atomic E-state index is 12.9. The van der Waals surface area contributed by atoms with Gasteiger partial charge in [-0.15, -0.1) is 0 Å². The number of pyridine rings is 1. The summed E-state index contributed by atoms with van der Waals surface area (Å²) in [6.45, 7) is 6.67. The van der Waals surface area contributed by atoms with Crippen molar-refractivity contribution in [3.63, 3.8) is 0 Å². The number of fused-ring (bicyclic) bond motifs is 1. The van der Waals surface area contributed by atoms with Crippen LogP contribution in [0.2, 0.25) is 0 Å². The van der Waals surface area contributed by atoms with Crippen molar-refractivity contribution in [3.05, 3.63) is 51.9 Å². The summed E-state index contributed by atoms with van der Waals surface area (Å²) in [6, 6.07) is 9.62. The highest BCUT2D eigenvalue weighted by Crippen LogP contribution is 2.35. The number of nitrogens with one attached hydrogen (secondary N) is 2. The molecule has 180 valence electrons. The zero-order valence-electron chi connectivity index (χ0n) is 19.9. The summed E-state index contributed by atoms with van der Waals surface area (Å²) in [4.78, 5) is 20.8. The monoisotopic (exact) mass is 480 g/mol. The molecular weight excluding hydrogens is 448 g/mol. The van der Waals surface area contributed by atoms with Crippen LogP contribution in [0.4, 0.5) is 11.4 Å². The minimum absolute atomic E-state index is 0.0424. The van der Waals surface area contributed by atoms with Gasteiger partial charge in [0.15, 0.2) is 0 Å². The second-order valence-electron chi connectivity index (χ2n) is 9.97. The number of hydrogen-bond donors (Lipinski definition) is 3. The number of H-pyrrole nitrogens is 1. The van der Waals surface area contributed by atoms with Gasteiger partial charge in [0.05, 0.1) is 28.3 Å². The molecule has 9 heteroatoms. The molecule has 2 aromatic rings. The zero-order valence-corrected chi connectivity index (χ0v) is 20.7. The van der Waals surface area contributed by atoms with E-state index in [0.717, 1.165) is 42.6 Å². The molecule has 34 heavy (non-hydrogen) atoms. The number of anilines is 1. The summed E-state index contributed by atoms with van der Waals surface area (Å²) in [6.07, 6.45) is 6.48. The molecule has 1 aromatic heterocycles. The zero-order chi connectivity index (χ0) is 24.5. The first kappa shape index (κ1) is 24.2. The minimum atomic E-state index is -1.22. The molecule has 1 unspecified atom stereocenters. The summed E-state index contributed by atoms with van der Waals surface area (Å²) in [5, 5.41) is 13.0. The van der Waals surface area contributed by atoms with Gasteiger partial charge in [0.1, 0.15) is 22.4 Å². The highest BCUT2D eigenvalue weighted by Gasteiger charge is 2.35. The fourth-order valence-electron chi connectivity index (χ4n) is 4.63. The molecule has 0 spiro atoms. The standard InChI is InChI=1S/C25H32N6O2S/c1-25(2,3)31-15-17-13-18(9-10-21(17)34(31)33)29-23(27)22-20(11-12-28-24(22)32)30-19-8-6-4-5-7-16(19)14-26/h9-13,16,19H,4-8,15H2,1-3H3,(H2,27,29)(H2,28,30,32)/t16-,19-,34?/m0/s1. The number of nitrogens with zero attached hydrogens (tertiary/aromatic N) is 3. The number of nitrogens with two attached hydrogens (primary N) is 1. The van der Waals surface area contributed by atoms with Gasteiger partial charge >= 0.3 is 0 Å². The Morgan fingerprint density at radius 2 is 2.03 bits per heavy atom. The lowest BCUT2D eigenvalue weighted by atomic mass is 9.96. The van der Waals surface area contributed by atoms with Crippen molar-refractivity contribution in [1.29, 1.82) is 5.26 Å². The first-order chi connectivity index (χ1) is 16.2. The van der Waals surface area contributed by atoms with Gasteiger partial charge < -0.3 is 16.0 Å². The average Bonchev–Trinajstić information content (AvgIpc) is 2.96. The van der Waals surface area contributed by atoms with Crippen LogP contribution in [0.25, 0.3) is 0 Å². The summed E-state index contributed by atoms with van der Waals surface area (Å²) in [5.41, 5.74) is 8.18. The van der Waals surface area contributed by atoms with E-state index in [0.29, 0.717) is 17.9 Å². The predicted molar refractivity (Wildman–Crippen MR) is 135 cm³/mol. The highest BCUT2D eigenvalue weighted by atomic mass is 32.2. The van der Waals surface area contributed by atoms with E-state index < -0.39 is 11.0 Å². The van der Waals surface area contributed by atoms with Gasteiger partial charge in [-0.2, -0.15) is 5.26 Å². The van der Waals surface area contributed by atoms with E-state index >= 15 is 0 Å². The highest BCUT2D eigenvalue weighted by molar-refractivity contribution is 7.83. The largest absolute Gasteiger partial charge is 0.383 e. The fraction of sp³-hybridized carbons (Fsp3) is 0.480. The Morgan fingerprint density at radius 3 is 2.76 bits per heavy atom. The number of hydrogen-bond acceptors (Lipinski definition) is 5. The number of amidine groups is 1. The van der Waals surface area contributed by atoms with Crippen LogP contribution in [0, 0.1) is 17.2 Å². The smallest absolute Gasteiger partial charge is 0.261 e. The van der Waals surface area contributed by atoms with Crippen molar-refractivity contribution in [2.24, 2.45) is 16.6 Å². The van der Waals surface area contributed by atoms with Crippen molar-refractivity contribution in [3.8, 4) is 6.07 Å². The van der Waals surface area contributed by atoms with Crippen LogP contribution >= 0.6 is 0 Å². The van der Waals surface area contributed by atoms with Crippen LogP contribution in [0.3, 0.4) is 0 Å². The molecule has 0 amide bonds. The second-order valence-corrected chi connectivity index (χ2v) is 11.3. The lowest BCUT2D eigenvalue weighted by molar-refractivity contribution is 0.264. The Balaban J connectivity index is 1.64. The Kier molecular flexibility index (Phi) is 6.91. The molecule has 1 aliphatic heterocycles. The molecule has 1 aliphatic carbocycles. The van der Waals surface area contributed by atoms with Crippen molar-refractivity contribution >= 4 is 28.2 Å². The molecular formula is C25H32N6O2S. The minimum Gasteiger partial charge on any atom is -0.383 e.